The number of allylic oxidation sites excluding steroid dienone is 1. The van der Waals surface area contributed by atoms with Gasteiger partial charge in [-0.2, -0.15) is 0 Å². The number of carbonyl (C=O) groups excluding carboxylic acids is 1. The second-order valence-electron chi connectivity index (χ2n) is 6.39. The van der Waals surface area contributed by atoms with Crippen LogP contribution in [0.3, 0.4) is 0 Å². The van der Waals surface area contributed by atoms with Gasteiger partial charge in [0.2, 0.25) is 0 Å². The van der Waals surface area contributed by atoms with Gasteiger partial charge in [-0.05, 0) is 38.0 Å². The summed E-state index contributed by atoms with van der Waals surface area (Å²) in [6, 6.07) is 7.84. The number of rotatable bonds is 5. The molecule has 5 nitrogen and oxygen atoms in total. The number of hydrogen-bond acceptors (Lipinski definition) is 3. The lowest BCUT2D eigenvalue weighted by molar-refractivity contribution is -0.0854. The van der Waals surface area contributed by atoms with Crippen molar-refractivity contribution in [2.45, 2.75) is 32.4 Å². The van der Waals surface area contributed by atoms with Crippen LogP contribution in [0.25, 0.3) is 5.57 Å². The van der Waals surface area contributed by atoms with E-state index in [0.717, 1.165) is 16.7 Å². The topological polar surface area (TPSA) is 59.6 Å². The zero-order valence-corrected chi connectivity index (χ0v) is 14.1. The molecule has 0 radical (unpaired) electrons. The van der Waals surface area contributed by atoms with Crippen LogP contribution in [0.5, 0.6) is 0 Å². The van der Waals surface area contributed by atoms with Crippen LogP contribution in [0.1, 0.15) is 31.9 Å². The van der Waals surface area contributed by atoms with Crippen molar-refractivity contribution in [2.75, 3.05) is 26.4 Å². The minimum atomic E-state index is -0.487. The number of urea groups is 1. The Kier molecular flexibility index (Phi) is 5.80. The number of nitrogens with one attached hydrogen (secondary N) is 2. The average molecular weight is 318 g/mol. The average Bonchev–Trinajstić information content (AvgIpc) is 2.53. The highest BCUT2D eigenvalue weighted by Crippen LogP contribution is 2.23. The molecule has 1 aliphatic rings. The molecule has 126 valence electrons. The fourth-order valence-corrected chi connectivity index (χ4v) is 2.43. The summed E-state index contributed by atoms with van der Waals surface area (Å²) >= 11 is 0. The molecule has 1 saturated heterocycles. The summed E-state index contributed by atoms with van der Waals surface area (Å²) in [4.78, 5) is 12.2. The van der Waals surface area contributed by atoms with Crippen LogP contribution >= 0.6 is 0 Å². The van der Waals surface area contributed by atoms with E-state index in [2.05, 4.69) is 23.3 Å². The second-order valence-corrected chi connectivity index (χ2v) is 6.39. The Labute approximate surface area is 138 Å². The van der Waals surface area contributed by atoms with Gasteiger partial charge in [-0.1, -0.05) is 30.4 Å². The number of benzene rings is 1. The summed E-state index contributed by atoms with van der Waals surface area (Å²) in [7, 11) is 0. The van der Waals surface area contributed by atoms with Gasteiger partial charge < -0.3 is 20.1 Å². The Bertz CT molecular complexity index is 563. The fourth-order valence-electron chi connectivity index (χ4n) is 2.43. The van der Waals surface area contributed by atoms with E-state index in [0.29, 0.717) is 26.4 Å². The summed E-state index contributed by atoms with van der Waals surface area (Å²) in [5.74, 6) is 0. The zero-order valence-electron chi connectivity index (χ0n) is 14.1. The van der Waals surface area contributed by atoms with Crippen molar-refractivity contribution in [3.63, 3.8) is 0 Å². The summed E-state index contributed by atoms with van der Waals surface area (Å²) in [6.07, 6.45) is -0.0793. The maximum absolute atomic E-state index is 12.2. The van der Waals surface area contributed by atoms with Gasteiger partial charge in [-0.3, -0.25) is 0 Å². The first-order valence-corrected chi connectivity index (χ1v) is 7.90. The van der Waals surface area contributed by atoms with Crippen molar-refractivity contribution < 1.29 is 14.3 Å². The summed E-state index contributed by atoms with van der Waals surface area (Å²) in [6.45, 7) is 12.0. The van der Waals surface area contributed by atoms with Crippen LogP contribution in [0, 0.1) is 0 Å². The van der Waals surface area contributed by atoms with E-state index in [1.54, 1.807) is 0 Å². The van der Waals surface area contributed by atoms with Gasteiger partial charge >= 0.3 is 6.03 Å². The lowest BCUT2D eigenvalue weighted by Crippen LogP contribution is -2.49. The first kappa shape index (κ1) is 17.5. The predicted octanol–water partition coefficient (Wildman–Crippen LogP) is 2.67. The van der Waals surface area contributed by atoms with Crippen molar-refractivity contribution in [3.8, 4) is 0 Å². The van der Waals surface area contributed by atoms with Gasteiger partial charge in [0.05, 0.1) is 31.5 Å². The molecular formula is C18H26N2O3. The summed E-state index contributed by atoms with van der Waals surface area (Å²) < 4.78 is 10.8. The molecule has 2 amide bonds. The van der Waals surface area contributed by atoms with Crippen molar-refractivity contribution in [1.29, 1.82) is 0 Å². The molecule has 1 aromatic carbocycles. The van der Waals surface area contributed by atoms with Crippen LogP contribution in [-0.2, 0) is 15.0 Å². The van der Waals surface area contributed by atoms with Gasteiger partial charge in [-0.15, -0.1) is 0 Å². The zero-order chi connectivity index (χ0) is 16.9. The molecule has 1 aromatic rings. The lowest BCUT2D eigenvalue weighted by atomic mass is 9.92. The molecule has 0 bridgehead atoms. The van der Waals surface area contributed by atoms with Crippen molar-refractivity contribution >= 4 is 11.6 Å². The van der Waals surface area contributed by atoms with Gasteiger partial charge in [-0.25, -0.2) is 4.79 Å². The number of ether oxygens (including phenoxy) is 2. The molecule has 0 aliphatic carbocycles. The molecule has 23 heavy (non-hydrogen) atoms. The Morgan fingerprint density at radius 1 is 1.39 bits per heavy atom. The van der Waals surface area contributed by atoms with Gasteiger partial charge in [0.15, 0.2) is 0 Å². The third-order valence-corrected chi connectivity index (χ3v) is 3.88. The molecule has 0 saturated carbocycles. The van der Waals surface area contributed by atoms with Gasteiger partial charge in [0.25, 0.3) is 0 Å². The normalized spacial score (nSPS) is 18.3. The predicted molar refractivity (Wildman–Crippen MR) is 91.3 cm³/mol. The van der Waals surface area contributed by atoms with E-state index >= 15 is 0 Å². The van der Waals surface area contributed by atoms with E-state index in [1.807, 2.05) is 39.0 Å². The third kappa shape index (κ3) is 5.08. The van der Waals surface area contributed by atoms with Crippen molar-refractivity contribution in [1.82, 2.24) is 10.6 Å². The Hall–Kier alpha value is -1.85. The van der Waals surface area contributed by atoms with Crippen molar-refractivity contribution in [3.05, 3.63) is 42.0 Å². The van der Waals surface area contributed by atoms with E-state index in [9.17, 15) is 4.79 Å². The third-order valence-electron chi connectivity index (χ3n) is 3.88. The molecule has 2 N–H and O–H groups in total. The second kappa shape index (κ2) is 7.62. The largest absolute Gasteiger partial charge is 0.376 e. The van der Waals surface area contributed by atoms with E-state index < -0.39 is 5.54 Å². The van der Waals surface area contributed by atoms with Crippen LogP contribution in [0.4, 0.5) is 4.79 Å². The Morgan fingerprint density at radius 3 is 2.83 bits per heavy atom. The highest BCUT2D eigenvalue weighted by atomic mass is 16.6. The quantitative estimate of drug-likeness (QED) is 0.877. The summed E-state index contributed by atoms with van der Waals surface area (Å²) in [5.41, 5.74) is 2.62. The van der Waals surface area contributed by atoms with Crippen LogP contribution in [-0.4, -0.2) is 38.5 Å². The minimum absolute atomic E-state index is 0.0793. The SMILES string of the molecule is C=C(C)c1cccc(C(C)(C)NC(=O)NC[C@H]2COCCO2)c1. The first-order valence-electron chi connectivity index (χ1n) is 7.90. The monoisotopic (exact) mass is 318 g/mol. The van der Waals surface area contributed by atoms with Crippen molar-refractivity contribution in [2.24, 2.45) is 0 Å². The first-order chi connectivity index (χ1) is 10.9. The molecule has 1 fully saturated rings. The maximum atomic E-state index is 12.2. The number of hydrogen-bond donors (Lipinski definition) is 2. The molecule has 1 heterocycles. The molecule has 0 spiro atoms. The summed E-state index contributed by atoms with van der Waals surface area (Å²) in [5, 5.41) is 5.85. The highest BCUT2D eigenvalue weighted by molar-refractivity contribution is 5.75. The van der Waals surface area contributed by atoms with Crippen LogP contribution < -0.4 is 10.6 Å². The van der Waals surface area contributed by atoms with E-state index in [4.69, 9.17) is 9.47 Å². The lowest BCUT2D eigenvalue weighted by Gasteiger charge is -2.29. The van der Waals surface area contributed by atoms with Crippen LogP contribution in [0.2, 0.25) is 0 Å². The molecular weight excluding hydrogens is 292 g/mol. The number of amides is 2. The standard InChI is InChI=1S/C18H26N2O3/c1-13(2)14-6-5-7-15(10-14)18(3,4)20-17(21)19-11-16-12-22-8-9-23-16/h5-7,10,16H,1,8-9,11-12H2,2-4H3,(H2,19,20,21)/t16-/m0/s1. The molecule has 1 atom stereocenters. The van der Waals surface area contributed by atoms with Gasteiger partial charge in [0.1, 0.15) is 0 Å². The molecule has 0 aromatic heterocycles. The van der Waals surface area contributed by atoms with Gasteiger partial charge in [0, 0.05) is 6.54 Å². The maximum Gasteiger partial charge on any atom is 0.315 e. The Balaban J connectivity index is 1.92. The van der Waals surface area contributed by atoms with Crippen LogP contribution in [0.15, 0.2) is 30.8 Å². The molecule has 5 heteroatoms. The fraction of sp³-hybridized carbons (Fsp3) is 0.500. The smallest absolute Gasteiger partial charge is 0.315 e. The minimum Gasteiger partial charge on any atom is -0.376 e. The Morgan fingerprint density at radius 2 is 2.17 bits per heavy atom. The highest BCUT2D eigenvalue weighted by Gasteiger charge is 2.24. The van der Waals surface area contributed by atoms with E-state index in [-0.39, 0.29) is 12.1 Å². The van der Waals surface area contributed by atoms with E-state index in [1.165, 1.54) is 0 Å². The molecule has 1 aliphatic heterocycles. The molecule has 2 rings (SSSR count). The molecule has 0 unspecified atom stereocenters. The number of carbonyl (C=O) groups is 1.